The molecule has 0 aliphatic carbocycles. The van der Waals surface area contributed by atoms with Gasteiger partial charge in [-0.25, -0.2) is 13.1 Å². The Kier molecular flexibility index (Phi) is 5.43. The summed E-state index contributed by atoms with van der Waals surface area (Å²) >= 11 is 5.36. The summed E-state index contributed by atoms with van der Waals surface area (Å²) in [4.78, 5) is 2.39. The highest BCUT2D eigenvalue weighted by molar-refractivity contribution is 7.91. The minimum atomic E-state index is -2.99. The van der Waals surface area contributed by atoms with Crippen molar-refractivity contribution in [2.24, 2.45) is 0 Å². The maximum absolute atomic E-state index is 12.0. The highest BCUT2D eigenvalue weighted by atomic mass is 32.2. The first-order chi connectivity index (χ1) is 13.5. The average molecular weight is 416 g/mol. The zero-order valence-corrected chi connectivity index (χ0v) is 16.9. The normalized spacial score (nSPS) is 18.5. The zero-order chi connectivity index (χ0) is 19.6. The van der Waals surface area contributed by atoms with Crippen LogP contribution < -0.4 is 0 Å². The lowest BCUT2D eigenvalue weighted by molar-refractivity contribution is 0.144. The minimum Gasteiger partial charge on any atom is -0.409 e. The zero-order valence-electron chi connectivity index (χ0n) is 15.3. The molecule has 3 aromatic rings. The molecule has 1 fully saturated rings. The quantitative estimate of drug-likeness (QED) is 0.574. The van der Waals surface area contributed by atoms with Crippen LogP contribution in [0.4, 0.5) is 0 Å². The second-order valence-electron chi connectivity index (χ2n) is 6.97. The topological polar surface area (TPSA) is 68.3 Å². The maximum Gasteiger partial charge on any atom is 0.288 e. The van der Waals surface area contributed by atoms with Crippen LogP contribution in [0.1, 0.15) is 12.0 Å². The molecule has 1 atom stereocenters. The van der Waals surface area contributed by atoms with Crippen molar-refractivity contribution in [2.75, 3.05) is 11.5 Å². The van der Waals surface area contributed by atoms with E-state index >= 15 is 0 Å². The van der Waals surface area contributed by atoms with Crippen LogP contribution in [0.25, 0.3) is 11.5 Å². The lowest BCUT2D eigenvalue weighted by atomic mass is 10.1. The van der Waals surface area contributed by atoms with Crippen LogP contribution in [-0.4, -0.2) is 40.6 Å². The van der Waals surface area contributed by atoms with E-state index in [1.54, 1.807) is 4.68 Å². The van der Waals surface area contributed by atoms with Crippen LogP contribution in [0.5, 0.6) is 0 Å². The molecule has 4 rings (SSSR count). The fraction of sp³-hybridized carbons (Fsp3) is 0.300. The second-order valence-corrected chi connectivity index (χ2v) is 9.55. The number of sulfone groups is 1. The third kappa shape index (κ3) is 4.40. The number of benzene rings is 2. The Morgan fingerprint density at radius 2 is 1.79 bits per heavy atom. The molecular formula is C20H21N3O3S2. The van der Waals surface area contributed by atoms with Crippen molar-refractivity contribution in [3.05, 3.63) is 71.1 Å². The molecule has 1 saturated heterocycles. The Morgan fingerprint density at radius 1 is 1.11 bits per heavy atom. The lowest BCUT2D eigenvalue weighted by Crippen LogP contribution is -2.37. The number of hydrogen-bond acceptors (Lipinski definition) is 6. The molecular weight excluding hydrogens is 394 g/mol. The molecule has 146 valence electrons. The standard InChI is InChI=1S/C20H21N3O3S2/c24-28(25)12-11-18(14-28)22(13-16-7-3-1-4-8-16)15-23-20(27)26-19(21-23)17-9-5-2-6-10-17/h1-10,18H,11-15H2/t18-/m0/s1. The van der Waals surface area contributed by atoms with Gasteiger partial charge in [-0.2, -0.15) is 0 Å². The first-order valence-electron chi connectivity index (χ1n) is 9.12. The predicted octanol–water partition coefficient (Wildman–Crippen LogP) is 3.52. The number of aromatic nitrogens is 2. The van der Waals surface area contributed by atoms with Crippen molar-refractivity contribution in [1.29, 1.82) is 0 Å². The SMILES string of the molecule is O=S1(=O)CC[C@H](N(Cc2ccccc2)Cn2nc(-c3ccccc3)oc2=S)C1. The third-order valence-corrected chi connectivity index (χ3v) is 6.94. The summed E-state index contributed by atoms with van der Waals surface area (Å²) in [6.45, 7) is 1.00. The maximum atomic E-state index is 12.0. The Bertz CT molecular complexity index is 1090. The monoisotopic (exact) mass is 415 g/mol. The van der Waals surface area contributed by atoms with Gasteiger partial charge in [0.05, 0.1) is 18.2 Å². The van der Waals surface area contributed by atoms with Crippen molar-refractivity contribution >= 4 is 22.1 Å². The van der Waals surface area contributed by atoms with Gasteiger partial charge in [-0.15, -0.1) is 5.10 Å². The lowest BCUT2D eigenvalue weighted by Gasteiger charge is -2.27. The summed E-state index contributed by atoms with van der Waals surface area (Å²) < 4.78 is 31.3. The largest absolute Gasteiger partial charge is 0.409 e. The Balaban J connectivity index is 1.60. The molecule has 6 nitrogen and oxygen atoms in total. The average Bonchev–Trinajstić information content (AvgIpc) is 3.25. The van der Waals surface area contributed by atoms with E-state index in [0.717, 1.165) is 11.1 Å². The van der Waals surface area contributed by atoms with Gasteiger partial charge >= 0.3 is 0 Å². The van der Waals surface area contributed by atoms with Crippen LogP contribution >= 0.6 is 12.2 Å². The number of hydrogen-bond donors (Lipinski definition) is 0. The van der Waals surface area contributed by atoms with Crippen molar-refractivity contribution < 1.29 is 12.8 Å². The van der Waals surface area contributed by atoms with Crippen LogP contribution in [-0.2, 0) is 23.1 Å². The Hall–Kier alpha value is -2.29. The molecule has 0 spiro atoms. The molecule has 0 unspecified atom stereocenters. The number of nitrogens with zero attached hydrogens (tertiary/aromatic N) is 3. The first kappa shape index (κ1) is 19.0. The summed E-state index contributed by atoms with van der Waals surface area (Å²) in [5.74, 6) is 0.850. The molecule has 28 heavy (non-hydrogen) atoms. The van der Waals surface area contributed by atoms with E-state index in [2.05, 4.69) is 10.00 Å². The van der Waals surface area contributed by atoms with E-state index < -0.39 is 9.84 Å². The van der Waals surface area contributed by atoms with Gasteiger partial charge in [0.1, 0.15) is 0 Å². The van der Waals surface area contributed by atoms with E-state index in [9.17, 15) is 8.42 Å². The molecule has 0 bridgehead atoms. The van der Waals surface area contributed by atoms with E-state index in [-0.39, 0.29) is 22.4 Å². The van der Waals surface area contributed by atoms with Gasteiger partial charge in [0.25, 0.3) is 4.84 Å². The molecule has 0 radical (unpaired) electrons. The van der Waals surface area contributed by atoms with Gasteiger partial charge in [0.2, 0.25) is 5.89 Å². The summed E-state index contributed by atoms with van der Waals surface area (Å²) in [5.41, 5.74) is 1.97. The highest BCUT2D eigenvalue weighted by Gasteiger charge is 2.32. The van der Waals surface area contributed by atoms with E-state index in [4.69, 9.17) is 16.6 Å². The van der Waals surface area contributed by atoms with Gasteiger partial charge in [-0.3, -0.25) is 4.90 Å². The summed E-state index contributed by atoms with van der Waals surface area (Å²) in [5, 5.41) is 4.52. The predicted molar refractivity (Wildman–Crippen MR) is 110 cm³/mol. The highest BCUT2D eigenvalue weighted by Crippen LogP contribution is 2.22. The van der Waals surface area contributed by atoms with Crippen molar-refractivity contribution in [1.82, 2.24) is 14.7 Å². The van der Waals surface area contributed by atoms with Crippen LogP contribution in [0, 0.1) is 4.84 Å². The van der Waals surface area contributed by atoms with Gasteiger partial charge in [0.15, 0.2) is 9.84 Å². The van der Waals surface area contributed by atoms with Gasteiger partial charge < -0.3 is 4.42 Å². The van der Waals surface area contributed by atoms with E-state index in [1.807, 2.05) is 60.7 Å². The molecule has 2 heterocycles. The Morgan fingerprint density at radius 3 is 2.43 bits per heavy atom. The van der Waals surface area contributed by atoms with E-state index in [1.165, 1.54) is 0 Å². The summed E-state index contributed by atoms with van der Waals surface area (Å²) in [6.07, 6.45) is 0.617. The molecule has 8 heteroatoms. The Labute approximate surface area is 169 Å². The fourth-order valence-electron chi connectivity index (χ4n) is 3.44. The molecule has 1 aliphatic heterocycles. The molecule has 1 aliphatic rings. The molecule has 0 saturated carbocycles. The summed E-state index contributed by atoms with van der Waals surface area (Å²) in [7, 11) is -2.99. The van der Waals surface area contributed by atoms with E-state index in [0.29, 0.717) is 25.5 Å². The van der Waals surface area contributed by atoms with Crippen LogP contribution in [0.15, 0.2) is 65.1 Å². The van der Waals surface area contributed by atoms with Crippen molar-refractivity contribution in [2.45, 2.75) is 25.7 Å². The van der Waals surface area contributed by atoms with Crippen LogP contribution in [0.2, 0.25) is 0 Å². The smallest absolute Gasteiger partial charge is 0.288 e. The minimum absolute atomic E-state index is 0.0658. The van der Waals surface area contributed by atoms with Crippen molar-refractivity contribution in [3.8, 4) is 11.5 Å². The fourth-order valence-corrected chi connectivity index (χ4v) is 5.38. The third-order valence-electron chi connectivity index (χ3n) is 4.90. The second kappa shape index (κ2) is 7.98. The van der Waals surface area contributed by atoms with Crippen LogP contribution in [0.3, 0.4) is 0 Å². The molecule has 0 N–H and O–H groups in total. The first-order valence-corrected chi connectivity index (χ1v) is 11.3. The summed E-state index contributed by atoms with van der Waals surface area (Å²) in [6, 6.07) is 19.5. The van der Waals surface area contributed by atoms with Gasteiger partial charge in [0, 0.05) is 18.2 Å². The molecule has 2 aromatic carbocycles. The van der Waals surface area contributed by atoms with Gasteiger partial charge in [-0.05, 0) is 36.3 Å². The molecule has 1 aromatic heterocycles. The number of rotatable bonds is 6. The van der Waals surface area contributed by atoms with Gasteiger partial charge in [-0.1, -0.05) is 48.5 Å². The molecule has 0 amide bonds. The van der Waals surface area contributed by atoms with Crippen molar-refractivity contribution in [3.63, 3.8) is 0 Å².